The first-order valence-corrected chi connectivity index (χ1v) is 1.72. The molecule has 0 spiro atoms. The van der Waals surface area contributed by atoms with Gasteiger partial charge in [0.2, 0.25) is 0 Å². The van der Waals surface area contributed by atoms with Crippen LogP contribution in [0.5, 0.6) is 0 Å². The summed E-state index contributed by atoms with van der Waals surface area (Å²) in [5.41, 5.74) is 0. The van der Waals surface area contributed by atoms with Gasteiger partial charge in [0.05, 0.1) is 0 Å². The van der Waals surface area contributed by atoms with Crippen molar-refractivity contribution in [1.82, 2.24) is 0 Å². The van der Waals surface area contributed by atoms with Gasteiger partial charge in [0.1, 0.15) is 0 Å². The molecule has 1 rings (SSSR count). The average Bonchev–Trinajstić information content (AvgIpc) is 1.76. The van der Waals surface area contributed by atoms with Crippen molar-refractivity contribution in [2.45, 2.75) is 6.42 Å². The summed E-state index contributed by atoms with van der Waals surface area (Å²) >= 11 is 0. The van der Waals surface area contributed by atoms with Crippen LogP contribution in [0.1, 0.15) is 6.42 Å². The topological polar surface area (TPSA) is 0 Å². The molecule has 1 aliphatic rings. The first-order valence-electron chi connectivity index (χ1n) is 1.72. The van der Waals surface area contributed by atoms with Gasteiger partial charge < -0.3 is 21.5 Å². The summed E-state index contributed by atoms with van der Waals surface area (Å²) in [7, 11) is 0. The minimum Gasteiger partial charge on any atom is -1.00 e. The first kappa shape index (κ1) is 32.4. The van der Waals surface area contributed by atoms with Gasteiger partial charge in [-0.3, -0.25) is 6.08 Å². The van der Waals surface area contributed by atoms with Gasteiger partial charge in [-0.15, -0.1) is 6.42 Å². The number of halogens is 3. The van der Waals surface area contributed by atoms with Crippen molar-refractivity contribution in [3.8, 4) is 0 Å². The normalized spacial score (nSPS) is 8.80. The maximum atomic E-state index is 2.99. The minimum absolute atomic E-state index is 0. The van der Waals surface area contributed by atoms with Crippen molar-refractivity contribution in [3.63, 3.8) is 0 Å². The monoisotopic (exact) mass is 185 g/mol. The van der Waals surface area contributed by atoms with E-state index < -0.39 is 0 Å². The van der Waals surface area contributed by atoms with Crippen LogP contribution in [-0.2, 0) is 21.7 Å². The largest absolute Gasteiger partial charge is 3.00 e. The van der Waals surface area contributed by atoms with E-state index in [9.17, 15) is 0 Å². The molecule has 0 saturated heterocycles. The quantitative estimate of drug-likeness (QED) is 0.260. The molecule has 0 atom stereocenters. The summed E-state index contributed by atoms with van der Waals surface area (Å²) < 4.78 is 0. The third kappa shape index (κ3) is 15.7. The maximum Gasteiger partial charge on any atom is 3.00 e. The van der Waals surface area contributed by atoms with Crippen LogP contribution >= 0.6 is 0 Å². The fraction of sp³-hybridized carbons (Fsp3) is 0.167. The van der Waals surface area contributed by atoms with E-state index in [-0.39, 0.29) is 43.3 Å². The Bertz CT molecular complexity index is 71.1. The summed E-state index contributed by atoms with van der Waals surface area (Å²) in [5, 5.41) is 0. The van der Waals surface area contributed by atoms with Crippen molar-refractivity contribution >= 4 is 0 Å². The molecule has 0 fully saturated rings. The van der Waals surface area contributed by atoms with Gasteiger partial charge in [-0.25, -0.2) is 12.2 Å². The van der Waals surface area contributed by atoms with Crippen LogP contribution in [0, 0.1) is 13.5 Å². The van der Waals surface area contributed by atoms with Gasteiger partial charge in [-0.2, -0.15) is 6.08 Å². The van der Waals surface area contributed by atoms with Crippen LogP contribution in [-0.4, -0.2) is 0 Å². The first-order chi connectivity index (χ1) is 2.50. The molecule has 0 aromatic rings. The second-order valence-electron chi connectivity index (χ2n) is 1.00. The molecule has 0 aromatic heterocycles. The van der Waals surface area contributed by atoms with Crippen LogP contribution in [0.4, 0.5) is 0 Å². The zero-order chi connectivity index (χ0) is 3.54. The Hall–Kier alpha value is -0.0157. The Kier molecular flexibility index (Phi) is 74.8. The van der Waals surface area contributed by atoms with Gasteiger partial charge in [0.25, 0.3) is 0 Å². The molecule has 59 valence electrons. The van der Waals surface area contributed by atoms with Crippen molar-refractivity contribution in [2.24, 2.45) is 0 Å². The second-order valence-corrected chi connectivity index (χ2v) is 1.00. The van der Waals surface area contributed by atoms with Crippen molar-refractivity contribution in [2.75, 3.05) is 0 Å². The van der Waals surface area contributed by atoms with E-state index in [0.717, 1.165) is 6.42 Å². The zero-order valence-corrected chi connectivity index (χ0v) is 7.13. The fourth-order valence-corrected chi connectivity index (χ4v) is 0.340. The van der Waals surface area contributed by atoms with Crippen LogP contribution in [0.15, 0.2) is 18.2 Å². The van der Waals surface area contributed by atoms with Gasteiger partial charge in [0, 0.05) is 0 Å². The number of hydrogen-bond acceptors (Lipinski definition) is 0. The second kappa shape index (κ2) is 23.1. The summed E-state index contributed by atoms with van der Waals surface area (Å²) in [4.78, 5) is 0. The molecule has 0 heterocycles. The molecule has 0 amide bonds. The van der Waals surface area contributed by atoms with Gasteiger partial charge in [-0.1, -0.05) is 0 Å². The zero-order valence-electron chi connectivity index (χ0n) is 5.57. The minimum atomic E-state index is 0. The number of rotatable bonds is 0. The van der Waals surface area contributed by atoms with Crippen LogP contribution in [0.2, 0.25) is 0 Å². The molecule has 0 bridgehead atoms. The van der Waals surface area contributed by atoms with E-state index in [1.807, 2.05) is 12.2 Å². The molecule has 0 saturated carbocycles. The van der Waals surface area contributed by atoms with E-state index in [1.165, 1.54) is 0 Å². The summed E-state index contributed by atoms with van der Waals surface area (Å²) in [6, 6.07) is 0. The third-order valence-electron chi connectivity index (χ3n) is 0.586. The Morgan fingerprint density at radius 3 is 1.70 bits per heavy atom. The molecule has 0 nitrogen and oxygen atoms in total. The third-order valence-corrected chi connectivity index (χ3v) is 0.586. The summed E-state index contributed by atoms with van der Waals surface area (Å²) in [6.07, 6.45) is 10.0. The summed E-state index contributed by atoms with van der Waals surface area (Å²) in [5.74, 6) is 0. The molecule has 4 heteroatoms. The van der Waals surface area contributed by atoms with Crippen LogP contribution < -0.4 is 14.1 Å². The Morgan fingerprint density at radius 1 is 1.10 bits per heavy atom. The molecular weight excluding hydrogens is 177 g/mol. The molecular formula is C6H8F3Ti-2. The smallest absolute Gasteiger partial charge is 1.00 e. The molecule has 0 N–H and O–H groups in total. The standard InChI is InChI=1S/C5H5.CH3.3FH.Ti/c1-2-4-5-3-1;;;;;/h1-3H,4H2;1H3;3*1H;/q2*-1;;;;+3/p-3. The predicted molar refractivity (Wildman–Crippen MR) is 28.0 cm³/mol. The SMILES string of the molecule is [C-]1=CC=CC1.[CH3-].[F-].[F-].[F-].[Ti+3]. The van der Waals surface area contributed by atoms with E-state index in [4.69, 9.17) is 0 Å². The fourth-order valence-electron chi connectivity index (χ4n) is 0.340. The maximum absolute atomic E-state index is 2.99. The predicted octanol–water partition coefficient (Wildman–Crippen LogP) is -7.23. The van der Waals surface area contributed by atoms with E-state index in [0.29, 0.717) is 0 Å². The van der Waals surface area contributed by atoms with Gasteiger partial charge in [0.15, 0.2) is 0 Å². The molecule has 0 aromatic carbocycles. The molecule has 1 aliphatic carbocycles. The Morgan fingerprint density at radius 2 is 1.60 bits per heavy atom. The molecule has 10 heavy (non-hydrogen) atoms. The molecule has 1 radical (unpaired) electrons. The average molecular weight is 185 g/mol. The van der Waals surface area contributed by atoms with Crippen molar-refractivity contribution < 1.29 is 35.8 Å². The van der Waals surface area contributed by atoms with Gasteiger partial charge >= 0.3 is 21.7 Å². The summed E-state index contributed by atoms with van der Waals surface area (Å²) in [6.45, 7) is 0. The van der Waals surface area contributed by atoms with Crippen molar-refractivity contribution in [1.29, 1.82) is 0 Å². The molecule has 0 unspecified atom stereocenters. The van der Waals surface area contributed by atoms with E-state index >= 15 is 0 Å². The Balaban J connectivity index is -0.0000000167. The van der Waals surface area contributed by atoms with E-state index in [2.05, 4.69) is 12.2 Å². The number of allylic oxidation sites excluding steroid dienone is 4. The van der Waals surface area contributed by atoms with Crippen molar-refractivity contribution in [3.05, 3.63) is 31.7 Å². The van der Waals surface area contributed by atoms with Crippen LogP contribution in [0.25, 0.3) is 0 Å². The Labute approximate surface area is 74.4 Å². The van der Waals surface area contributed by atoms with Crippen LogP contribution in [0.3, 0.4) is 0 Å². The number of hydrogen-bond donors (Lipinski definition) is 0. The molecule has 0 aliphatic heterocycles. The van der Waals surface area contributed by atoms with Gasteiger partial charge in [-0.05, 0) is 0 Å². The van der Waals surface area contributed by atoms with E-state index in [1.54, 1.807) is 0 Å².